The van der Waals surface area contributed by atoms with E-state index in [2.05, 4.69) is 0 Å². The molecule has 0 saturated carbocycles. The number of sulfonamides is 1. The first-order valence-corrected chi connectivity index (χ1v) is 16.2. The summed E-state index contributed by atoms with van der Waals surface area (Å²) >= 11 is 6.54. The van der Waals surface area contributed by atoms with Crippen LogP contribution in [0.5, 0.6) is 0 Å². The molecular formula is C26H27ClF3NO7S2. The number of halogens is 4. The molecular weight excluding hydrogens is 595 g/mol. The molecule has 218 valence electrons. The van der Waals surface area contributed by atoms with Gasteiger partial charge in [0.05, 0.1) is 17.2 Å². The van der Waals surface area contributed by atoms with Gasteiger partial charge in [-0.1, -0.05) is 23.7 Å². The van der Waals surface area contributed by atoms with Gasteiger partial charge in [-0.15, -0.1) is 0 Å². The fourth-order valence-corrected chi connectivity index (χ4v) is 7.68. The SMILES string of the molecule is Cc1cc(-c2cccc(S(C)(=O)=O)c2)c(Cl)cc1C1C(=O)OC2(CCCN(S(=O)(=O)CCCC(F)(F)F)C2)C1=O. The van der Waals surface area contributed by atoms with Crippen LogP contribution in [0.15, 0.2) is 41.3 Å². The van der Waals surface area contributed by atoms with Crippen molar-refractivity contribution in [2.24, 2.45) is 0 Å². The lowest BCUT2D eigenvalue weighted by molar-refractivity contribution is -0.155. The number of ketones is 1. The normalized spacial score (nSPS) is 22.6. The maximum Gasteiger partial charge on any atom is 0.389 e. The van der Waals surface area contributed by atoms with Gasteiger partial charge in [0, 0.05) is 29.8 Å². The predicted octanol–water partition coefficient (Wildman–Crippen LogP) is 4.44. The molecule has 2 heterocycles. The van der Waals surface area contributed by atoms with Crippen molar-refractivity contribution in [2.75, 3.05) is 25.1 Å². The number of carbonyl (C=O) groups excluding carboxylic acids is 2. The molecule has 2 aliphatic rings. The van der Waals surface area contributed by atoms with E-state index in [1.54, 1.807) is 25.1 Å². The Kier molecular flexibility index (Phi) is 8.18. The Hall–Kier alpha value is -2.48. The number of nitrogens with zero attached hydrogens (tertiary/aromatic N) is 1. The third-order valence-electron chi connectivity index (χ3n) is 7.16. The Balaban J connectivity index is 1.60. The fraction of sp³-hybridized carbons (Fsp3) is 0.462. The number of rotatable bonds is 7. The summed E-state index contributed by atoms with van der Waals surface area (Å²) in [7, 11) is -7.61. The first-order valence-electron chi connectivity index (χ1n) is 12.4. The van der Waals surface area contributed by atoms with E-state index in [0.717, 1.165) is 10.6 Å². The zero-order chi connectivity index (χ0) is 29.7. The minimum Gasteiger partial charge on any atom is -0.449 e. The Bertz CT molecular complexity index is 1570. The van der Waals surface area contributed by atoms with Gasteiger partial charge in [-0.2, -0.15) is 17.5 Å². The summed E-state index contributed by atoms with van der Waals surface area (Å²) in [5, 5.41) is 0.158. The van der Waals surface area contributed by atoms with E-state index in [-0.39, 0.29) is 34.9 Å². The van der Waals surface area contributed by atoms with Gasteiger partial charge in [0.1, 0.15) is 5.92 Å². The van der Waals surface area contributed by atoms with Crippen LogP contribution in [0, 0.1) is 6.92 Å². The van der Waals surface area contributed by atoms with E-state index in [1.165, 1.54) is 18.2 Å². The number of benzene rings is 2. The number of aryl methyl sites for hydroxylation is 1. The summed E-state index contributed by atoms with van der Waals surface area (Å²) < 4.78 is 93.5. The van der Waals surface area contributed by atoms with E-state index < -0.39 is 74.4 Å². The maximum absolute atomic E-state index is 13.7. The number of Topliss-reactive ketones (excluding diaryl/α,β-unsaturated/α-hetero) is 1. The lowest BCUT2D eigenvalue weighted by Gasteiger charge is -2.37. The molecule has 2 unspecified atom stereocenters. The molecule has 8 nitrogen and oxygen atoms in total. The van der Waals surface area contributed by atoms with Crippen molar-refractivity contribution in [3.8, 4) is 11.1 Å². The lowest BCUT2D eigenvalue weighted by atomic mass is 9.81. The lowest BCUT2D eigenvalue weighted by Crippen LogP contribution is -2.54. The zero-order valence-corrected chi connectivity index (χ0v) is 24.0. The van der Waals surface area contributed by atoms with Crippen LogP contribution < -0.4 is 0 Å². The Labute approximate surface area is 235 Å². The zero-order valence-electron chi connectivity index (χ0n) is 21.6. The Morgan fingerprint density at radius 3 is 2.48 bits per heavy atom. The van der Waals surface area contributed by atoms with Gasteiger partial charge in [-0.05, 0) is 67.1 Å². The quantitative estimate of drug-likeness (QED) is 0.332. The standard InChI is InChI=1S/C26H27ClF3NO7S2/c1-16-12-20(17-6-3-7-18(13-17)39(2,34)35)21(27)14-19(16)22-23(32)25(38-24(22)33)8-4-10-31(15-25)40(36,37)11-5-9-26(28,29)30/h3,6-7,12-14,22H,4-5,8-11,15H2,1-2H3. The molecule has 0 radical (unpaired) electrons. The van der Waals surface area contributed by atoms with Crippen LogP contribution in [0.4, 0.5) is 13.2 Å². The van der Waals surface area contributed by atoms with Crippen LogP contribution in [0.3, 0.4) is 0 Å². The van der Waals surface area contributed by atoms with Crippen molar-refractivity contribution >= 4 is 43.2 Å². The van der Waals surface area contributed by atoms with Crippen molar-refractivity contribution < 1.29 is 44.3 Å². The van der Waals surface area contributed by atoms with Crippen molar-refractivity contribution in [3.05, 3.63) is 52.5 Å². The van der Waals surface area contributed by atoms with Gasteiger partial charge in [0.25, 0.3) is 0 Å². The second-order valence-corrected chi connectivity index (χ2v) is 14.7. The van der Waals surface area contributed by atoms with E-state index in [9.17, 15) is 39.6 Å². The summed E-state index contributed by atoms with van der Waals surface area (Å²) in [5.41, 5.74) is 0.0150. The van der Waals surface area contributed by atoms with Crippen LogP contribution >= 0.6 is 11.6 Å². The molecule has 0 aliphatic carbocycles. The second-order valence-electron chi connectivity index (χ2n) is 10.2. The van der Waals surface area contributed by atoms with Crippen LogP contribution in [-0.2, 0) is 34.2 Å². The molecule has 1 spiro atoms. The third kappa shape index (κ3) is 6.22. The molecule has 2 saturated heterocycles. The molecule has 0 amide bonds. The fourth-order valence-electron chi connectivity index (χ4n) is 5.15. The number of carbonyl (C=O) groups is 2. The highest BCUT2D eigenvalue weighted by molar-refractivity contribution is 7.90. The van der Waals surface area contributed by atoms with Crippen molar-refractivity contribution in [1.82, 2.24) is 4.31 Å². The number of ether oxygens (including phenoxy) is 1. The molecule has 2 atom stereocenters. The minimum atomic E-state index is -4.49. The maximum atomic E-state index is 13.7. The van der Waals surface area contributed by atoms with Gasteiger partial charge in [0.2, 0.25) is 10.0 Å². The van der Waals surface area contributed by atoms with E-state index in [0.29, 0.717) is 16.7 Å². The first-order chi connectivity index (χ1) is 18.4. The molecule has 2 fully saturated rings. The van der Waals surface area contributed by atoms with Crippen LogP contribution in [-0.4, -0.2) is 69.8 Å². The van der Waals surface area contributed by atoms with Crippen LogP contribution in [0.25, 0.3) is 11.1 Å². The van der Waals surface area contributed by atoms with Crippen LogP contribution in [0.1, 0.15) is 42.7 Å². The van der Waals surface area contributed by atoms with Gasteiger partial charge >= 0.3 is 12.1 Å². The van der Waals surface area contributed by atoms with Crippen molar-refractivity contribution in [1.29, 1.82) is 0 Å². The van der Waals surface area contributed by atoms with E-state index in [1.807, 2.05) is 0 Å². The predicted molar refractivity (Wildman–Crippen MR) is 141 cm³/mol. The van der Waals surface area contributed by atoms with Crippen molar-refractivity contribution in [3.63, 3.8) is 0 Å². The summed E-state index contributed by atoms with van der Waals surface area (Å²) in [5.74, 6) is -3.63. The number of sulfone groups is 1. The van der Waals surface area contributed by atoms with E-state index in [4.69, 9.17) is 16.3 Å². The topological polar surface area (TPSA) is 115 Å². The largest absolute Gasteiger partial charge is 0.449 e. The highest BCUT2D eigenvalue weighted by atomic mass is 35.5. The summed E-state index contributed by atoms with van der Waals surface area (Å²) in [6.45, 7) is 1.18. The minimum absolute atomic E-state index is 0.00229. The number of hydrogen-bond acceptors (Lipinski definition) is 7. The number of alkyl halides is 3. The summed E-state index contributed by atoms with van der Waals surface area (Å²) in [4.78, 5) is 26.8. The van der Waals surface area contributed by atoms with Gasteiger partial charge in [-0.25, -0.2) is 16.8 Å². The number of esters is 1. The number of piperidine rings is 1. The Morgan fingerprint density at radius 2 is 1.82 bits per heavy atom. The molecule has 0 N–H and O–H groups in total. The molecule has 0 aromatic heterocycles. The molecule has 0 bridgehead atoms. The average molecular weight is 622 g/mol. The molecule has 2 aliphatic heterocycles. The Morgan fingerprint density at radius 1 is 1.12 bits per heavy atom. The molecule has 4 rings (SSSR count). The smallest absolute Gasteiger partial charge is 0.389 e. The van der Waals surface area contributed by atoms with Crippen LogP contribution in [0.2, 0.25) is 5.02 Å². The van der Waals surface area contributed by atoms with Gasteiger partial charge < -0.3 is 4.74 Å². The highest BCUT2D eigenvalue weighted by Crippen LogP contribution is 2.43. The molecule has 2 aromatic carbocycles. The highest BCUT2D eigenvalue weighted by Gasteiger charge is 2.58. The van der Waals surface area contributed by atoms with Gasteiger partial charge in [-0.3, -0.25) is 9.59 Å². The second kappa shape index (κ2) is 10.7. The summed E-state index contributed by atoms with van der Waals surface area (Å²) in [6, 6.07) is 9.22. The van der Waals surface area contributed by atoms with E-state index >= 15 is 0 Å². The first kappa shape index (κ1) is 30.5. The molecule has 40 heavy (non-hydrogen) atoms. The van der Waals surface area contributed by atoms with Gasteiger partial charge in [0.15, 0.2) is 21.2 Å². The number of hydrogen-bond donors (Lipinski definition) is 0. The van der Waals surface area contributed by atoms with Crippen molar-refractivity contribution in [2.45, 2.75) is 55.2 Å². The molecule has 2 aromatic rings. The third-order valence-corrected chi connectivity index (χ3v) is 10.5. The summed E-state index contributed by atoms with van der Waals surface area (Å²) in [6.07, 6.45) is -5.03. The monoisotopic (exact) mass is 621 g/mol. The average Bonchev–Trinajstić information content (AvgIpc) is 3.07. The molecule has 14 heteroatoms.